The minimum Gasteiger partial charge on any atom is -0.492 e. The average Bonchev–Trinajstić information content (AvgIpc) is 1.33. The van der Waals surface area contributed by atoms with Gasteiger partial charge in [-0.25, -0.2) is 0 Å². The van der Waals surface area contributed by atoms with Gasteiger partial charge in [0.25, 0.3) is 0 Å². The van der Waals surface area contributed by atoms with Gasteiger partial charge in [-0.1, -0.05) is 119 Å². The molecule has 8 rings (SSSR count). The summed E-state index contributed by atoms with van der Waals surface area (Å²) in [5.41, 5.74) is 0. The SMILES string of the molecule is CCCCCCC(CCCC)COc1c2c[c]([Sn]([CH3])([CH3])[CH3])sc2cc2c(OCC(CCCC)CCCCCC)c3c[c]([Sn]([CH3])([CH3])[CH3])sc3cc12.CCCCCCC(CCCC)COc1c2ccsc2cc2c(OCC(CCCC)CCCCCC)c3ccsc3cc12. The standard InChI is InChI=1S/C38H56O2S2.C38H54O2S2.6CH3.2Sn/c2*1-5-9-13-15-19-29(17-11-7-3)27-39-37-31-21-23-41-35(31)26-34-33(37)25-36-32(22-24-42-36)38(34)40-28-30(18-12-8-4)20-16-14-10-6-2;;;;;;;;/h21-26,29-30H,5-20,27-28H2,1-4H3;21-22,25-26,29-30H,5-20,27-28H2,1-4H3;6*1H3;;. The summed E-state index contributed by atoms with van der Waals surface area (Å²) in [6.07, 6.45) is 41.6. The van der Waals surface area contributed by atoms with E-state index in [9.17, 15) is 0 Å². The first-order chi connectivity index (χ1) is 44.6. The van der Waals surface area contributed by atoms with Gasteiger partial charge in [-0.15, -0.1) is 22.7 Å². The molecule has 0 aliphatic rings. The van der Waals surface area contributed by atoms with Crippen molar-refractivity contribution in [2.24, 2.45) is 23.7 Å². The largest absolute Gasteiger partial charge is 0.492 e. The van der Waals surface area contributed by atoms with E-state index in [-0.39, 0.29) is 0 Å². The molecule has 4 aromatic heterocycles. The van der Waals surface area contributed by atoms with Crippen molar-refractivity contribution in [3.63, 3.8) is 0 Å². The Morgan fingerprint density at radius 1 is 0.283 bits per heavy atom. The summed E-state index contributed by atoms with van der Waals surface area (Å²) in [4.78, 5) is 15.3. The summed E-state index contributed by atoms with van der Waals surface area (Å²) in [6.45, 7) is 21.8. The molecule has 4 atom stereocenters. The van der Waals surface area contributed by atoms with Crippen LogP contribution in [0.5, 0.6) is 23.0 Å². The van der Waals surface area contributed by atoms with Crippen LogP contribution in [0.15, 0.2) is 59.3 Å². The minimum absolute atomic E-state index is 0.617. The number of thiophene rings is 4. The van der Waals surface area contributed by atoms with Crippen molar-refractivity contribution in [2.75, 3.05) is 26.4 Å². The van der Waals surface area contributed by atoms with Crippen LogP contribution in [0.3, 0.4) is 0 Å². The molecule has 92 heavy (non-hydrogen) atoms. The minimum atomic E-state index is -2.32. The maximum atomic E-state index is 7.20. The van der Waals surface area contributed by atoms with Crippen LogP contribution in [0, 0.1) is 23.7 Å². The number of benzene rings is 4. The molecule has 0 spiro atoms. The fourth-order valence-corrected chi connectivity index (χ4v) is 28.0. The summed E-state index contributed by atoms with van der Waals surface area (Å²) in [5.74, 6) is 6.89. The quantitative estimate of drug-likeness (QED) is 0.0281. The third-order valence-corrected chi connectivity index (χ3v) is 42.4. The molecule has 4 unspecified atom stereocenters. The number of fused-ring (bicyclic) bond motifs is 6. The molecule has 10 heteroatoms. The van der Waals surface area contributed by atoms with Gasteiger partial charge < -0.3 is 9.47 Å². The monoisotopic (exact) mass is 1540 g/mol. The molecule has 8 aromatic rings. The molecule has 4 heterocycles. The molecule has 0 fully saturated rings. The summed E-state index contributed by atoms with van der Waals surface area (Å²) < 4.78 is 36.8. The zero-order chi connectivity index (χ0) is 65.9. The van der Waals surface area contributed by atoms with Crippen LogP contribution >= 0.6 is 45.3 Å². The van der Waals surface area contributed by atoms with Crippen LogP contribution in [-0.2, 0) is 0 Å². The number of hydrogen-bond donors (Lipinski definition) is 0. The number of hydrogen-bond acceptors (Lipinski definition) is 8. The summed E-state index contributed by atoms with van der Waals surface area (Å²) in [7, 11) is 0. The van der Waals surface area contributed by atoms with Crippen molar-refractivity contribution in [3.8, 4) is 23.0 Å². The van der Waals surface area contributed by atoms with Gasteiger partial charge in [0.1, 0.15) is 11.5 Å². The summed E-state index contributed by atoms with van der Waals surface area (Å²) in [5, 5.41) is 14.6. The van der Waals surface area contributed by atoms with E-state index in [4.69, 9.17) is 18.9 Å². The van der Waals surface area contributed by atoms with E-state index in [2.05, 4.69) is 144 Å². The molecular formula is C82H128O4S4Sn2. The molecule has 0 bridgehead atoms. The van der Waals surface area contributed by atoms with Crippen LogP contribution in [0.1, 0.15) is 261 Å². The first kappa shape index (κ1) is 77.4. The zero-order valence-electron chi connectivity index (χ0n) is 60.8. The van der Waals surface area contributed by atoms with Gasteiger partial charge in [0.05, 0.1) is 13.2 Å². The van der Waals surface area contributed by atoms with E-state index >= 15 is 0 Å². The maximum absolute atomic E-state index is 7.20. The van der Waals surface area contributed by atoms with Crippen molar-refractivity contribution in [3.05, 3.63) is 59.3 Å². The van der Waals surface area contributed by atoms with Gasteiger partial charge >= 0.3 is 313 Å². The normalized spacial score (nSPS) is 13.6. The first-order valence-electron chi connectivity index (χ1n) is 37.9. The molecule has 512 valence electrons. The first-order valence-corrected chi connectivity index (χ1v) is 61.3. The Morgan fingerprint density at radius 2 is 0.533 bits per heavy atom. The smallest absolute Gasteiger partial charge is 0.135 e. The predicted molar refractivity (Wildman–Crippen MR) is 424 cm³/mol. The summed E-state index contributed by atoms with van der Waals surface area (Å²) >= 11 is 3.10. The Labute approximate surface area is 586 Å². The van der Waals surface area contributed by atoms with Gasteiger partial charge in [0, 0.05) is 30.9 Å². The number of ether oxygens (including phenoxy) is 4. The van der Waals surface area contributed by atoms with E-state index in [1.54, 1.807) is 5.79 Å². The second-order valence-electron chi connectivity index (χ2n) is 29.9. The Morgan fingerprint density at radius 3 is 0.793 bits per heavy atom. The van der Waals surface area contributed by atoms with E-state index in [0.717, 1.165) is 49.4 Å². The van der Waals surface area contributed by atoms with Crippen molar-refractivity contribution in [1.82, 2.24) is 0 Å². The molecular weight excluding hydrogens is 1410 g/mol. The average molecular weight is 1540 g/mol. The molecule has 4 nitrogen and oxygen atoms in total. The summed E-state index contributed by atoms with van der Waals surface area (Å²) in [6, 6.07) is 19.3. The van der Waals surface area contributed by atoms with Gasteiger partial charge in [-0.05, 0) is 72.5 Å². The molecule has 0 amide bonds. The van der Waals surface area contributed by atoms with Crippen molar-refractivity contribution in [1.29, 1.82) is 0 Å². The van der Waals surface area contributed by atoms with Gasteiger partial charge in [-0.3, -0.25) is 0 Å². The molecule has 0 saturated carbocycles. The number of rotatable bonds is 46. The Bertz CT molecular complexity index is 3150. The van der Waals surface area contributed by atoms with Crippen molar-refractivity contribution < 1.29 is 18.9 Å². The van der Waals surface area contributed by atoms with E-state index in [0.29, 0.717) is 23.7 Å². The molecule has 0 N–H and O–H groups in total. The molecule has 0 radical (unpaired) electrons. The molecule has 0 aliphatic carbocycles. The fourth-order valence-electron chi connectivity index (χ4n) is 13.6. The van der Waals surface area contributed by atoms with Crippen molar-refractivity contribution in [2.45, 2.75) is 290 Å². The Kier molecular flexibility index (Phi) is 34.3. The fraction of sp³-hybridized carbons (Fsp3) is 0.659. The molecule has 0 saturated heterocycles. The van der Waals surface area contributed by atoms with E-state index in [1.165, 1.54) is 267 Å². The van der Waals surface area contributed by atoms with Gasteiger partial charge in [0.2, 0.25) is 0 Å². The van der Waals surface area contributed by atoms with Crippen LogP contribution in [0.25, 0.3) is 61.9 Å². The van der Waals surface area contributed by atoms with Crippen molar-refractivity contribution >= 4 is 150 Å². The van der Waals surface area contributed by atoms with Crippen LogP contribution in [0.4, 0.5) is 0 Å². The van der Waals surface area contributed by atoms with Crippen LogP contribution in [-0.4, -0.2) is 63.2 Å². The third kappa shape index (κ3) is 23.1. The maximum Gasteiger partial charge on any atom is 0.135 e. The zero-order valence-corrected chi connectivity index (χ0v) is 69.8. The second-order valence-corrected chi connectivity index (χ2v) is 64.8. The molecule has 0 aliphatic heterocycles. The predicted octanol–water partition coefficient (Wildman–Crippen LogP) is 28.3. The van der Waals surface area contributed by atoms with Crippen LogP contribution < -0.4 is 24.7 Å². The van der Waals surface area contributed by atoms with Crippen LogP contribution in [0.2, 0.25) is 29.6 Å². The van der Waals surface area contributed by atoms with Gasteiger partial charge in [0.15, 0.2) is 0 Å². The van der Waals surface area contributed by atoms with Gasteiger partial charge in [-0.2, -0.15) is 0 Å². The third-order valence-electron chi connectivity index (χ3n) is 19.6. The topological polar surface area (TPSA) is 36.9 Å². The van der Waals surface area contributed by atoms with E-state index < -0.39 is 36.8 Å². The van der Waals surface area contributed by atoms with E-state index in [1.807, 2.05) is 45.3 Å². The Hall–Kier alpha value is -1.96. The Balaban J connectivity index is 0.000000265. The number of unbranched alkanes of at least 4 members (excludes halogenated alkanes) is 16. The second kappa shape index (κ2) is 40.8. The molecule has 4 aromatic carbocycles.